The van der Waals surface area contributed by atoms with Gasteiger partial charge in [0.25, 0.3) is 5.91 Å². The second-order valence-electron chi connectivity index (χ2n) is 15.4. The van der Waals surface area contributed by atoms with Crippen LogP contribution in [0.4, 0.5) is 5.69 Å². The smallest absolute Gasteiger partial charge is 0.313 e. The molecule has 3 aromatic rings. The van der Waals surface area contributed by atoms with Crippen molar-refractivity contribution in [1.82, 2.24) is 10.2 Å². The van der Waals surface area contributed by atoms with Gasteiger partial charge in [0.05, 0.1) is 43.2 Å². The molecule has 0 aliphatic carbocycles. The predicted octanol–water partition coefficient (Wildman–Crippen LogP) is 5.90. The molecular weight excluding hydrogens is 778 g/mol. The zero-order valence-electron chi connectivity index (χ0n) is 32.2. The van der Waals surface area contributed by atoms with Crippen LogP contribution in [0.2, 0.25) is 0 Å². The van der Waals surface area contributed by atoms with Crippen LogP contribution in [-0.2, 0) is 33.4 Å². The van der Waals surface area contributed by atoms with Crippen LogP contribution < -0.4 is 10.2 Å². The van der Waals surface area contributed by atoms with Crippen molar-refractivity contribution in [2.75, 3.05) is 31.8 Å². The van der Waals surface area contributed by atoms with Gasteiger partial charge in [-0.1, -0.05) is 103 Å². The molecule has 2 N–H and O–H groups in total. The molecule has 3 aromatic carbocycles. The van der Waals surface area contributed by atoms with E-state index in [4.69, 9.17) is 14.2 Å². The van der Waals surface area contributed by atoms with Gasteiger partial charge in [-0.05, 0) is 53.6 Å². The van der Waals surface area contributed by atoms with Crippen molar-refractivity contribution in [2.24, 2.45) is 17.8 Å². The Morgan fingerprint density at radius 1 is 1.07 bits per heavy atom. The highest BCUT2D eigenvalue weighted by Crippen LogP contribution is 2.61. The van der Waals surface area contributed by atoms with Crippen molar-refractivity contribution < 1.29 is 38.5 Å². The van der Waals surface area contributed by atoms with Crippen LogP contribution in [0.25, 0.3) is 10.8 Å². The molecule has 9 atom stereocenters. The predicted molar refractivity (Wildman–Crippen MR) is 218 cm³/mol. The van der Waals surface area contributed by atoms with E-state index in [9.17, 15) is 14.7 Å². The first-order valence-corrected chi connectivity index (χ1v) is 20.2. The molecule has 3 aliphatic rings. The Kier molecular flexibility index (Phi) is 13.1. The first-order chi connectivity index (χ1) is 27.0. The summed E-state index contributed by atoms with van der Waals surface area (Å²) in [7, 11) is 1.50. The maximum absolute atomic E-state index is 15.3. The summed E-state index contributed by atoms with van der Waals surface area (Å²) < 4.78 is 18.7. The topological polar surface area (TPSA) is 135 Å². The number of halogens is 1. The number of methoxy groups -OCH3 is 1. The molecule has 1 unspecified atom stereocenters. The van der Waals surface area contributed by atoms with Crippen LogP contribution in [0.3, 0.4) is 0 Å². The Labute approximate surface area is 337 Å². The molecule has 1 spiro atoms. The zero-order valence-corrected chi connectivity index (χ0v) is 33.8. The lowest BCUT2D eigenvalue weighted by Crippen LogP contribution is -2.59. The lowest BCUT2D eigenvalue weighted by Gasteiger charge is -2.39. The second-order valence-corrected chi connectivity index (χ2v) is 16.5. The number of hydrogen-bond acceptors (Lipinski definition) is 8. The number of rotatable bonds is 18. The van der Waals surface area contributed by atoms with Crippen molar-refractivity contribution in [3.63, 3.8) is 0 Å². The van der Waals surface area contributed by atoms with E-state index in [1.807, 2.05) is 74.5 Å². The number of anilines is 1. The molecular formula is C44H52BrN3O8. The number of carbonyl (C=O) groups is 4. The molecule has 11 nitrogen and oxygen atoms in total. The fourth-order valence-corrected chi connectivity index (χ4v) is 9.84. The molecule has 2 bridgehead atoms. The largest absolute Gasteiger partial charge is 0.455 e. The minimum absolute atomic E-state index is 0.0380. The molecule has 0 radical (unpaired) electrons. The van der Waals surface area contributed by atoms with Gasteiger partial charge < -0.3 is 34.4 Å². The van der Waals surface area contributed by atoms with E-state index in [2.05, 4.69) is 34.4 Å². The van der Waals surface area contributed by atoms with Crippen molar-refractivity contribution in [3.8, 4) is 0 Å². The van der Waals surface area contributed by atoms with Crippen LogP contribution in [0.1, 0.15) is 51.2 Å². The Balaban J connectivity index is 1.41. The molecule has 6 rings (SSSR count). The molecule has 12 heteroatoms. The molecule has 3 saturated heterocycles. The highest BCUT2D eigenvalue weighted by molar-refractivity contribution is 9.09. The van der Waals surface area contributed by atoms with Gasteiger partial charge in [-0.15, -0.1) is 13.2 Å². The maximum atomic E-state index is 15.3. The van der Waals surface area contributed by atoms with E-state index in [1.54, 1.807) is 29.2 Å². The van der Waals surface area contributed by atoms with Gasteiger partial charge in [0.1, 0.15) is 17.7 Å². The molecule has 56 heavy (non-hydrogen) atoms. The van der Waals surface area contributed by atoms with Gasteiger partial charge in [0, 0.05) is 30.6 Å². The Morgan fingerprint density at radius 3 is 2.45 bits per heavy atom. The van der Waals surface area contributed by atoms with Crippen LogP contribution in [0, 0.1) is 17.8 Å². The number of ether oxygens (including phenoxy) is 3. The van der Waals surface area contributed by atoms with E-state index >= 15 is 9.59 Å². The van der Waals surface area contributed by atoms with Crippen molar-refractivity contribution >= 4 is 56.1 Å². The Hall–Kier alpha value is -4.36. The average Bonchev–Trinajstić information content (AvgIpc) is 3.79. The van der Waals surface area contributed by atoms with Gasteiger partial charge in [0.2, 0.25) is 11.8 Å². The summed E-state index contributed by atoms with van der Waals surface area (Å²) in [6.07, 6.45) is 2.87. The minimum Gasteiger partial charge on any atom is -0.455 e. The van der Waals surface area contributed by atoms with Crippen molar-refractivity contribution in [3.05, 3.63) is 104 Å². The number of benzene rings is 3. The van der Waals surface area contributed by atoms with E-state index in [1.165, 1.54) is 12.0 Å². The fourth-order valence-electron chi connectivity index (χ4n) is 8.90. The number of aliphatic hydroxyl groups is 1. The summed E-state index contributed by atoms with van der Waals surface area (Å²) in [6.45, 7) is 11.4. The van der Waals surface area contributed by atoms with E-state index < -0.39 is 70.4 Å². The van der Waals surface area contributed by atoms with Gasteiger partial charge in [-0.2, -0.15) is 0 Å². The number of alkyl halides is 1. The van der Waals surface area contributed by atoms with Crippen LogP contribution in [-0.4, -0.2) is 95.2 Å². The second kappa shape index (κ2) is 17.8. The summed E-state index contributed by atoms with van der Waals surface area (Å²) in [5.74, 6) is -3.88. The lowest BCUT2D eigenvalue weighted by molar-refractivity contribution is -0.163. The molecule has 3 aliphatic heterocycles. The number of esters is 1. The summed E-state index contributed by atoms with van der Waals surface area (Å²) >= 11 is 3.77. The number of aliphatic hydroxyl groups excluding tert-OH is 1. The van der Waals surface area contributed by atoms with Crippen molar-refractivity contribution in [1.29, 1.82) is 0 Å². The molecule has 3 heterocycles. The summed E-state index contributed by atoms with van der Waals surface area (Å²) in [5.41, 5.74) is -0.166. The standard InChI is InChI=1S/C44H52BrN3O8/c1-6-8-18-35(50)46-34(26-54-5)38(29-15-10-9-11-16-29)55-43(53)36-37-41(51)48(32(25-49)22-27(3)4)40(44(37)24-33(45)39(36)56-44)42(52)47(21-7-2)31-20-19-28-14-12-13-17-30(28)23-31/h6-7,9-17,19-20,23,27,32-34,36-40,49H,1-2,8,18,21-22,24-26H2,3-5H3,(H,46,50)/t32-,33?,34+,36-,37+,38+,39-,40-,44+/m1/s1. The zero-order chi connectivity index (χ0) is 40.1. The third kappa shape index (κ3) is 7.94. The molecule has 3 fully saturated rings. The van der Waals surface area contributed by atoms with Gasteiger partial charge in [0.15, 0.2) is 0 Å². The molecule has 0 aromatic heterocycles. The minimum atomic E-state index is -1.41. The summed E-state index contributed by atoms with van der Waals surface area (Å²) in [4.78, 5) is 60.8. The quantitative estimate of drug-likeness (QED) is 0.0921. The normalized spacial score (nSPS) is 25.4. The summed E-state index contributed by atoms with van der Waals surface area (Å²) in [5, 5.41) is 15.8. The number of carbonyl (C=O) groups excluding carboxylic acids is 4. The fraction of sp³-hybridized carbons (Fsp3) is 0.455. The van der Waals surface area contributed by atoms with Crippen molar-refractivity contribution in [2.45, 2.75) is 80.3 Å². The van der Waals surface area contributed by atoms with E-state index in [-0.39, 0.29) is 44.4 Å². The Morgan fingerprint density at radius 2 is 1.79 bits per heavy atom. The van der Waals surface area contributed by atoms with E-state index in [0.29, 0.717) is 24.1 Å². The third-order valence-electron chi connectivity index (χ3n) is 11.2. The number of amides is 3. The highest BCUT2D eigenvalue weighted by atomic mass is 79.9. The molecule has 298 valence electrons. The molecule has 3 amide bonds. The third-order valence-corrected chi connectivity index (χ3v) is 12.1. The van der Waals surface area contributed by atoms with Gasteiger partial charge >= 0.3 is 5.97 Å². The number of likely N-dealkylation sites (tertiary alicyclic amines) is 1. The molecule has 0 saturated carbocycles. The van der Waals surface area contributed by atoms with Crippen LogP contribution in [0.5, 0.6) is 0 Å². The van der Waals surface area contributed by atoms with Gasteiger partial charge in [-0.3, -0.25) is 19.2 Å². The lowest BCUT2D eigenvalue weighted by atomic mass is 9.70. The Bertz CT molecular complexity index is 1920. The maximum Gasteiger partial charge on any atom is 0.313 e. The van der Waals surface area contributed by atoms with E-state index in [0.717, 1.165) is 10.8 Å². The SMILES string of the molecule is C=CCCC(=O)N[C@@H](COC)[C@@H](OC(=O)[C@H]1[C@@H]2O[C@@]3(CC2Br)[C@@H]1C(=O)N([C@@H](CO)CC(C)C)[C@@H]3C(=O)N(CC=C)c1ccc2ccccc2c1)c1ccccc1. The number of fused-ring (bicyclic) bond motifs is 2. The number of nitrogens with one attached hydrogen (secondary N) is 1. The number of hydrogen-bond donors (Lipinski definition) is 2. The first kappa shape index (κ1) is 41.3. The van der Waals surface area contributed by atoms with Gasteiger partial charge in [-0.25, -0.2) is 0 Å². The highest BCUT2D eigenvalue weighted by Gasteiger charge is 2.77. The summed E-state index contributed by atoms with van der Waals surface area (Å²) in [6, 6.07) is 20.0. The monoisotopic (exact) mass is 829 g/mol. The number of allylic oxidation sites excluding steroid dienone is 1. The van der Waals surface area contributed by atoms with Crippen LogP contribution in [0.15, 0.2) is 98.1 Å². The average molecular weight is 831 g/mol. The first-order valence-electron chi connectivity index (χ1n) is 19.3. The number of nitrogens with zero attached hydrogens (tertiary/aromatic N) is 2. The van der Waals surface area contributed by atoms with Crippen LogP contribution >= 0.6 is 15.9 Å².